The maximum absolute atomic E-state index is 10.7. The number of anilines is 1. The maximum Gasteiger partial charge on any atom is 0.356 e. The Morgan fingerprint density at radius 3 is 2.15 bits per heavy atom. The van der Waals surface area contributed by atoms with Crippen molar-refractivity contribution in [2.45, 2.75) is 13.8 Å². The number of hydrogen-bond acceptors (Lipinski definition) is 6. The summed E-state index contributed by atoms with van der Waals surface area (Å²) in [5.41, 5.74) is -0.0664. The topological polar surface area (TPSA) is 84.8 Å². The van der Waals surface area contributed by atoms with Crippen LogP contribution < -0.4 is 4.90 Å². The van der Waals surface area contributed by atoms with Crippen LogP contribution in [-0.2, 0) is 9.47 Å². The number of carboxylic acids is 1. The van der Waals surface area contributed by atoms with Crippen LogP contribution in [0.1, 0.15) is 24.3 Å². The number of ether oxygens (including phenoxy) is 2. The minimum Gasteiger partial charge on any atom is -0.476 e. The third-order valence-electron chi connectivity index (χ3n) is 2.61. The average Bonchev–Trinajstić information content (AvgIpc) is 2.46. The average molecular weight is 283 g/mol. The van der Waals surface area contributed by atoms with E-state index in [9.17, 15) is 4.79 Å². The van der Waals surface area contributed by atoms with Gasteiger partial charge < -0.3 is 19.5 Å². The summed E-state index contributed by atoms with van der Waals surface area (Å²) < 4.78 is 10.7. The largest absolute Gasteiger partial charge is 0.476 e. The van der Waals surface area contributed by atoms with Crippen LogP contribution in [0.25, 0.3) is 0 Å². The molecule has 0 aliphatic heterocycles. The normalized spacial score (nSPS) is 10.5. The fourth-order valence-electron chi connectivity index (χ4n) is 1.59. The number of rotatable bonds is 10. The van der Waals surface area contributed by atoms with Crippen molar-refractivity contribution in [1.82, 2.24) is 10.2 Å². The predicted molar refractivity (Wildman–Crippen MR) is 74.2 cm³/mol. The molecule has 0 aliphatic rings. The van der Waals surface area contributed by atoms with Gasteiger partial charge in [-0.25, -0.2) is 4.79 Å². The van der Waals surface area contributed by atoms with Crippen molar-refractivity contribution < 1.29 is 19.4 Å². The summed E-state index contributed by atoms with van der Waals surface area (Å²) in [6.07, 6.45) is 0. The Bertz CT molecular complexity index is 387. The molecule has 0 radical (unpaired) electrons. The smallest absolute Gasteiger partial charge is 0.356 e. The molecule has 7 nitrogen and oxygen atoms in total. The molecule has 1 aromatic heterocycles. The standard InChI is InChI=1S/C13H21N3O4/c1-3-19-9-7-16(8-10-20-4-2)12-6-5-11(13(17)18)14-15-12/h5-6H,3-4,7-10H2,1-2H3,(H,17,18). The number of aromatic nitrogens is 2. The molecule has 0 fully saturated rings. The van der Waals surface area contributed by atoms with Gasteiger partial charge in [0, 0.05) is 26.3 Å². The van der Waals surface area contributed by atoms with Crippen LogP contribution >= 0.6 is 0 Å². The molecule has 0 aromatic carbocycles. The van der Waals surface area contributed by atoms with Crippen molar-refractivity contribution in [3.8, 4) is 0 Å². The van der Waals surface area contributed by atoms with E-state index in [1.807, 2.05) is 18.7 Å². The van der Waals surface area contributed by atoms with Gasteiger partial charge in [-0.05, 0) is 26.0 Å². The highest BCUT2D eigenvalue weighted by Crippen LogP contribution is 2.09. The lowest BCUT2D eigenvalue weighted by atomic mass is 10.3. The zero-order valence-electron chi connectivity index (χ0n) is 11.9. The van der Waals surface area contributed by atoms with Gasteiger partial charge in [-0.1, -0.05) is 0 Å². The van der Waals surface area contributed by atoms with Gasteiger partial charge in [0.05, 0.1) is 13.2 Å². The van der Waals surface area contributed by atoms with E-state index in [0.717, 1.165) is 0 Å². The molecule has 7 heteroatoms. The van der Waals surface area contributed by atoms with Crippen LogP contribution in [0.3, 0.4) is 0 Å². The Hall–Kier alpha value is -1.73. The molecule has 0 spiro atoms. The SMILES string of the molecule is CCOCCN(CCOCC)c1ccc(C(=O)O)nn1. The molecule has 20 heavy (non-hydrogen) atoms. The zero-order valence-corrected chi connectivity index (χ0v) is 11.9. The first-order chi connectivity index (χ1) is 9.69. The molecule has 0 amide bonds. The highest BCUT2D eigenvalue weighted by Gasteiger charge is 2.11. The van der Waals surface area contributed by atoms with E-state index in [0.29, 0.717) is 45.3 Å². The van der Waals surface area contributed by atoms with Gasteiger partial charge in [0.25, 0.3) is 0 Å². The van der Waals surface area contributed by atoms with Crippen LogP contribution in [0.15, 0.2) is 12.1 Å². The Balaban J connectivity index is 2.66. The van der Waals surface area contributed by atoms with Crippen molar-refractivity contribution in [2.24, 2.45) is 0 Å². The first-order valence-electron chi connectivity index (χ1n) is 6.66. The van der Waals surface area contributed by atoms with Gasteiger partial charge in [0.2, 0.25) is 0 Å². The molecular formula is C13H21N3O4. The van der Waals surface area contributed by atoms with Gasteiger partial charge in [-0.15, -0.1) is 10.2 Å². The Kier molecular flexibility index (Phi) is 7.52. The zero-order chi connectivity index (χ0) is 14.8. The lowest BCUT2D eigenvalue weighted by Crippen LogP contribution is -2.32. The fourth-order valence-corrected chi connectivity index (χ4v) is 1.59. The molecule has 0 aliphatic carbocycles. The Morgan fingerprint density at radius 2 is 1.75 bits per heavy atom. The summed E-state index contributed by atoms with van der Waals surface area (Å²) in [5, 5.41) is 16.4. The van der Waals surface area contributed by atoms with Crippen molar-refractivity contribution in [3.05, 3.63) is 17.8 Å². The monoisotopic (exact) mass is 283 g/mol. The third kappa shape index (κ3) is 5.50. The molecule has 0 saturated carbocycles. The number of nitrogens with zero attached hydrogens (tertiary/aromatic N) is 3. The molecule has 112 valence electrons. The molecule has 1 rings (SSSR count). The van der Waals surface area contributed by atoms with Crippen LogP contribution in [0.5, 0.6) is 0 Å². The van der Waals surface area contributed by atoms with Crippen molar-refractivity contribution in [3.63, 3.8) is 0 Å². The van der Waals surface area contributed by atoms with Gasteiger partial charge in [-0.3, -0.25) is 0 Å². The molecular weight excluding hydrogens is 262 g/mol. The highest BCUT2D eigenvalue weighted by atomic mass is 16.5. The maximum atomic E-state index is 10.7. The predicted octanol–water partition coefficient (Wildman–Crippen LogP) is 1.05. The quantitative estimate of drug-likeness (QED) is 0.642. The van der Waals surface area contributed by atoms with E-state index in [1.54, 1.807) is 6.07 Å². The first kappa shape index (κ1) is 16.3. The second-order valence-electron chi connectivity index (χ2n) is 3.96. The Labute approximate surface area is 118 Å². The van der Waals surface area contributed by atoms with Crippen LogP contribution in [-0.4, -0.2) is 60.8 Å². The number of carbonyl (C=O) groups is 1. The molecule has 1 heterocycles. The van der Waals surface area contributed by atoms with E-state index < -0.39 is 5.97 Å². The summed E-state index contributed by atoms with van der Waals surface area (Å²) >= 11 is 0. The van der Waals surface area contributed by atoms with Crippen LogP contribution in [0.4, 0.5) is 5.82 Å². The lowest BCUT2D eigenvalue weighted by Gasteiger charge is -2.22. The van der Waals surface area contributed by atoms with E-state index in [1.165, 1.54) is 6.07 Å². The van der Waals surface area contributed by atoms with Crippen LogP contribution in [0.2, 0.25) is 0 Å². The first-order valence-corrected chi connectivity index (χ1v) is 6.66. The van der Waals surface area contributed by atoms with E-state index in [-0.39, 0.29) is 5.69 Å². The van der Waals surface area contributed by atoms with Crippen molar-refractivity contribution in [1.29, 1.82) is 0 Å². The fraction of sp³-hybridized carbons (Fsp3) is 0.615. The molecule has 0 saturated heterocycles. The van der Waals surface area contributed by atoms with E-state index >= 15 is 0 Å². The number of aromatic carboxylic acids is 1. The molecule has 0 unspecified atom stereocenters. The summed E-state index contributed by atoms with van der Waals surface area (Å²) in [4.78, 5) is 12.7. The summed E-state index contributed by atoms with van der Waals surface area (Å²) in [7, 11) is 0. The summed E-state index contributed by atoms with van der Waals surface area (Å²) in [6, 6.07) is 3.09. The van der Waals surface area contributed by atoms with Gasteiger partial charge >= 0.3 is 5.97 Å². The minimum atomic E-state index is -1.08. The number of hydrogen-bond donors (Lipinski definition) is 1. The van der Waals surface area contributed by atoms with E-state index in [2.05, 4.69) is 10.2 Å². The molecule has 0 bridgehead atoms. The molecule has 1 N–H and O–H groups in total. The minimum absolute atomic E-state index is 0.0664. The van der Waals surface area contributed by atoms with Crippen molar-refractivity contribution >= 4 is 11.8 Å². The lowest BCUT2D eigenvalue weighted by molar-refractivity contribution is 0.0689. The van der Waals surface area contributed by atoms with E-state index in [4.69, 9.17) is 14.6 Å². The van der Waals surface area contributed by atoms with Crippen molar-refractivity contribution in [2.75, 3.05) is 44.4 Å². The second kappa shape index (κ2) is 9.22. The molecule has 1 aromatic rings. The highest BCUT2D eigenvalue weighted by molar-refractivity contribution is 5.85. The summed E-state index contributed by atoms with van der Waals surface area (Å²) in [6.45, 7) is 7.64. The van der Waals surface area contributed by atoms with Crippen LogP contribution in [0, 0.1) is 0 Å². The van der Waals surface area contributed by atoms with Gasteiger partial charge in [0.15, 0.2) is 11.5 Å². The number of carboxylic acid groups (broad SMARTS) is 1. The Morgan fingerprint density at radius 1 is 1.15 bits per heavy atom. The third-order valence-corrected chi connectivity index (χ3v) is 2.61. The second-order valence-corrected chi connectivity index (χ2v) is 3.96. The molecule has 0 atom stereocenters. The summed E-state index contributed by atoms with van der Waals surface area (Å²) in [5.74, 6) is -0.464. The van der Waals surface area contributed by atoms with Gasteiger partial charge in [0.1, 0.15) is 0 Å². The van der Waals surface area contributed by atoms with Gasteiger partial charge in [-0.2, -0.15) is 0 Å².